The van der Waals surface area contributed by atoms with Crippen LogP contribution in [0.25, 0.3) is 0 Å². The van der Waals surface area contributed by atoms with Crippen LogP contribution in [0.5, 0.6) is 11.5 Å². The highest BCUT2D eigenvalue weighted by Gasteiger charge is 2.17. The Morgan fingerprint density at radius 2 is 1.62 bits per heavy atom. The van der Waals surface area contributed by atoms with Crippen molar-refractivity contribution in [2.45, 2.75) is 19.8 Å². The maximum absolute atomic E-state index is 12.5. The van der Waals surface area contributed by atoms with Gasteiger partial charge in [0.25, 0.3) is 0 Å². The van der Waals surface area contributed by atoms with Crippen LogP contribution in [0, 0.1) is 6.92 Å². The zero-order chi connectivity index (χ0) is 15.2. The second kappa shape index (κ2) is 6.93. The van der Waals surface area contributed by atoms with Gasteiger partial charge in [-0.3, -0.25) is 4.79 Å². The SMILES string of the molecule is COc1cccc(OC)c1C(=O)CCc1cccc(C)c1. The monoisotopic (exact) mass is 284 g/mol. The molecule has 0 aliphatic rings. The van der Waals surface area contributed by atoms with Gasteiger partial charge < -0.3 is 9.47 Å². The fourth-order valence-corrected chi connectivity index (χ4v) is 2.38. The molecule has 0 radical (unpaired) electrons. The molecule has 0 saturated heterocycles. The molecule has 2 rings (SSSR count). The minimum Gasteiger partial charge on any atom is -0.496 e. The van der Waals surface area contributed by atoms with E-state index in [1.807, 2.05) is 18.2 Å². The molecular formula is C18H20O3. The largest absolute Gasteiger partial charge is 0.496 e. The van der Waals surface area contributed by atoms with Crippen LogP contribution in [-0.2, 0) is 6.42 Å². The summed E-state index contributed by atoms with van der Waals surface area (Å²) in [7, 11) is 3.12. The van der Waals surface area contributed by atoms with E-state index in [2.05, 4.69) is 19.1 Å². The summed E-state index contributed by atoms with van der Waals surface area (Å²) < 4.78 is 10.6. The minimum atomic E-state index is 0.0332. The molecule has 0 aromatic heterocycles. The maximum Gasteiger partial charge on any atom is 0.170 e. The van der Waals surface area contributed by atoms with Gasteiger partial charge in [-0.25, -0.2) is 0 Å². The molecule has 0 saturated carbocycles. The fourth-order valence-electron chi connectivity index (χ4n) is 2.38. The number of carbonyl (C=O) groups excluding carboxylic acids is 1. The summed E-state index contributed by atoms with van der Waals surface area (Å²) in [6, 6.07) is 13.6. The molecule has 0 heterocycles. The van der Waals surface area contributed by atoms with E-state index in [1.165, 1.54) is 5.56 Å². The molecule has 0 N–H and O–H groups in total. The van der Waals surface area contributed by atoms with Crippen LogP contribution >= 0.6 is 0 Å². The third-order valence-electron chi connectivity index (χ3n) is 3.43. The topological polar surface area (TPSA) is 35.5 Å². The number of aryl methyl sites for hydroxylation is 2. The van der Waals surface area contributed by atoms with Gasteiger partial charge in [0.15, 0.2) is 5.78 Å². The van der Waals surface area contributed by atoms with E-state index < -0.39 is 0 Å². The number of hydrogen-bond acceptors (Lipinski definition) is 3. The van der Waals surface area contributed by atoms with Crippen LogP contribution < -0.4 is 9.47 Å². The van der Waals surface area contributed by atoms with Crippen molar-refractivity contribution in [2.24, 2.45) is 0 Å². The third-order valence-corrected chi connectivity index (χ3v) is 3.43. The average Bonchev–Trinajstić information content (AvgIpc) is 2.51. The van der Waals surface area contributed by atoms with Crippen molar-refractivity contribution in [3.05, 3.63) is 59.2 Å². The molecule has 0 spiro atoms. The molecule has 2 aromatic rings. The minimum absolute atomic E-state index is 0.0332. The predicted octanol–water partition coefficient (Wildman–Crippen LogP) is 3.83. The lowest BCUT2D eigenvalue weighted by Crippen LogP contribution is -2.06. The van der Waals surface area contributed by atoms with Crippen molar-refractivity contribution in [3.8, 4) is 11.5 Å². The van der Waals surface area contributed by atoms with E-state index in [4.69, 9.17) is 9.47 Å². The van der Waals surface area contributed by atoms with Crippen LogP contribution in [0.1, 0.15) is 27.9 Å². The number of ketones is 1. The molecular weight excluding hydrogens is 264 g/mol. The molecule has 0 aliphatic carbocycles. The van der Waals surface area contributed by atoms with E-state index in [0.717, 1.165) is 5.56 Å². The smallest absolute Gasteiger partial charge is 0.170 e. The van der Waals surface area contributed by atoms with Crippen molar-refractivity contribution < 1.29 is 14.3 Å². The summed E-state index contributed by atoms with van der Waals surface area (Å²) in [6.45, 7) is 2.05. The molecule has 0 aliphatic heterocycles. The van der Waals surface area contributed by atoms with Gasteiger partial charge in [-0.05, 0) is 31.0 Å². The first-order valence-corrected chi connectivity index (χ1v) is 6.95. The zero-order valence-electron chi connectivity index (χ0n) is 12.7. The molecule has 0 fully saturated rings. The first-order chi connectivity index (χ1) is 10.2. The summed E-state index contributed by atoms with van der Waals surface area (Å²) in [5.41, 5.74) is 2.89. The van der Waals surface area contributed by atoms with E-state index in [0.29, 0.717) is 29.9 Å². The normalized spacial score (nSPS) is 10.2. The van der Waals surface area contributed by atoms with Gasteiger partial charge in [0.05, 0.1) is 14.2 Å². The standard InChI is InChI=1S/C18H20O3/c1-13-6-4-7-14(12-13)10-11-15(19)18-16(20-2)8-5-9-17(18)21-3/h4-9,12H,10-11H2,1-3H3. The molecule has 0 amide bonds. The molecule has 110 valence electrons. The predicted molar refractivity (Wildman–Crippen MR) is 83.4 cm³/mol. The summed E-state index contributed by atoms with van der Waals surface area (Å²) in [6.07, 6.45) is 1.14. The van der Waals surface area contributed by atoms with Crippen molar-refractivity contribution in [1.29, 1.82) is 0 Å². The Labute approximate surface area is 125 Å². The summed E-state index contributed by atoms with van der Waals surface area (Å²) in [4.78, 5) is 12.5. The quantitative estimate of drug-likeness (QED) is 0.756. The van der Waals surface area contributed by atoms with E-state index in [9.17, 15) is 4.79 Å². The Morgan fingerprint density at radius 1 is 1.00 bits per heavy atom. The van der Waals surface area contributed by atoms with Crippen LogP contribution in [-0.4, -0.2) is 20.0 Å². The average molecular weight is 284 g/mol. The van der Waals surface area contributed by atoms with E-state index >= 15 is 0 Å². The van der Waals surface area contributed by atoms with Crippen LogP contribution in [0.2, 0.25) is 0 Å². The fraction of sp³-hybridized carbons (Fsp3) is 0.278. The number of Topliss-reactive ketones (excluding diaryl/α,β-unsaturated/α-hetero) is 1. The molecule has 21 heavy (non-hydrogen) atoms. The lowest BCUT2D eigenvalue weighted by atomic mass is 10.0. The first-order valence-electron chi connectivity index (χ1n) is 6.95. The van der Waals surface area contributed by atoms with E-state index in [-0.39, 0.29) is 5.78 Å². The maximum atomic E-state index is 12.5. The van der Waals surface area contributed by atoms with Crippen LogP contribution in [0.4, 0.5) is 0 Å². The highest BCUT2D eigenvalue weighted by atomic mass is 16.5. The van der Waals surface area contributed by atoms with Gasteiger partial charge in [0, 0.05) is 6.42 Å². The lowest BCUT2D eigenvalue weighted by molar-refractivity contribution is 0.0976. The molecule has 3 nitrogen and oxygen atoms in total. The Bertz CT molecular complexity index is 610. The van der Waals surface area contributed by atoms with Crippen molar-refractivity contribution in [1.82, 2.24) is 0 Å². The Balaban J connectivity index is 2.17. The lowest BCUT2D eigenvalue weighted by Gasteiger charge is -2.12. The van der Waals surface area contributed by atoms with Gasteiger partial charge >= 0.3 is 0 Å². The molecule has 0 unspecified atom stereocenters. The number of methoxy groups -OCH3 is 2. The Kier molecular flexibility index (Phi) is 4.99. The van der Waals surface area contributed by atoms with Crippen molar-refractivity contribution in [2.75, 3.05) is 14.2 Å². The zero-order valence-corrected chi connectivity index (χ0v) is 12.7. The first kappa shape index (κ1) is 15.1. The number of hydrogen-bond donors (Lipinski definition) is 0. The van der Waals surface area contributed by atoms with Gasteiger partial charge in [-0.15, -0.1) is 0 Å². The van der Waals surface area contributed by atoms with Crippen molar-refractivity contribution >= 4 is 5.78 Å². The van der Waals surface area contributed by atoms with E-state index in [1.54, 1.807) is 26.4 Å². The molecule has 0 bridgehead atoms. The second-order valence-electron chi connectivity index (χ2n) is 4.95. The van der Waals surface area contributed by atoms with Gasteiger partial charge in [0.1, 0.15) is 17.1 Å². The van der Waals surface area contributed by atoms with Gasteiger partial charge in [-0.1, -0.05) is 35.9 Å². The number of ether oxygens (including phenoxy) is 2. The Morgan fingerprint density at radius 3 is 2.19 bits per heavy atom. The van der Waals surface area contributed by atoms with Crippen LogP contribution in [0.3, 0.4) is 0 Å². The molecule has 0 atom stereocenters. The highest BCUT2D eigenvalue weighted by molar-refractivity contribution is 6.01. The van der Waals surface area contributed by atoms with Crippen molar-refractivity contribution in [3.63, 3.8) is 0 Å². The van der Waals surface area contributed by atoms with Gasteiger partial charge in [-0.2, -0.15) is 0 Å². The number of carbonyl (C=O) groups is 1. The molecule has 3 heteroatoms. The molecule has 2 aromatic carbocycles. The number of benzene rings is 2. The van der Waals surface area contributed by atoms with Crippen LogP contribution in [0.15, 0.2) is 42.5 Å². The number of rotatable bonds is 6. The second-order valence-corrected chi connectivity index (χ2v) is 4.95. The summed E-state index contributed by atoms with van der Waals surface area (Å²) >= 11 is 0. The summed E-state index contributed by atoms with van der Waals surface area (Å²) in [5, 5.41) is 0. The van der Waals surface area contributed by atoms with Gasteiger partial charge in [0.2, 0.25) is 0 Å². The highest BCUT2D eigenvalue weighted by Crippen LogP contribution is 2.29. The summed E-state index contributed by atoms with van der Waals surface area (Å²) in [5.74, 6) is 1.15. The Hall–Kier alpha value is -2.29. The third kappa shape index (κ3) is 3.63.